The summed E-state index contributed by atoms with van der Waals surface area (Å²) in [6.45, 7) is 6.05. The van der Waals surface area contributed by atoms with Gasteiger partial charge in [-0.05, 0) is 13.0 Å². The Bertz CT molecular complexity index is 419. The number of allylic oxidation sites excluding steroid dienone is 1. The molecule has 0 N–H and O–H groups in total. The molecule has 2 rings (SSSR count). The van der Waals surface area contributed by atoms with E-state index in [-0.39, 0.29) is 5.78 Å². The second kappa shape index (κ2) is 5.98. The van der Waals surface area contributed by atoms with Crippen LogP contribution in [0.3, 0.4) is 0 Å². The Morgan fingerprint density at radius 2 is 2.18 bits per heavy atom. The Kier molecular flexibility index (Phi) is 4.63. The first-order chi connectivity index (χ1) is 8.22. The topological polar surface area (TPSA) is 54.3 Å². The van der Waals surface area contributed by atoms with Crippen molar-refractivity contribution in [1.82, 2.24) is 5.01 Å². The number of hydrazone groups is 1. The summed E-state index contributed by atoms with van der Waals surface area (Å²) in [5, 5.41) is 5.70. The molecule has 0 saturated heterocycles. The van der Waals surface area contributed by atoms with Crippen LogP contribution < -0.4 is 0 Å². The van der Waals surface area contributed by atoms with Crippen LogP contribution in [0.25, 0.3) is 0 Å². The number of amidine groups is 1. The van der Waals surface area contributed by atoms with Gasteiger partial charge in [0.05, 0.1) is 25.4 Å². The molecule has 17 heavy (non-hydrogen) atoms. The van der Waals surface area contributed by atoms with Gasteiger partial charge in [0.1, 0.15) is 11.6 Å². The van der Waals surface area contributed by atoms with Crippen LogP contribution in [0.4, 0.5) is 0 Å². The summed E-state index contributed by atoms with van der Waals surface area (Å²) in [7, 11) is 1.53. The Morgan fingerprint density at radius 3 is 2.76 bits per heavy atom. The van der Waals surface area contributed by atoms with Gasteiger partial charge in [-0.25, -0.2) is 5.01 Å². The number of methoxy groups -OCH3 is 1. The lowest BCUT2D eigenvalue weighted by Gasteiger charge is -2.23. The number of fused-ring (bicyclic) bond motifs is 1. The fourth-order valence-corrected chi connectivity index (χ4v) is 1.42. The lowest BCUT2D eigenvalue weighted by molar-refractivity contribution is -0.113. The van der Waals surface area contributed by atoms with Gasteiger partial charge in [0, 0.05) is 6.21 Å². The monoisotopic (exact) mass is 235 g/mol. The predicted octanol–water partition coefficient (Wildman–Crippen LogP) is 1.73. The number of rotatable bonds is 2. The van der Waals surface area contributed by atoms with Gasteiger partial charge in [-0.1, -0.05) is 13.8 Å². The average molecular weight is 235 g/mol. The van der Waals surface area contributed by atoms with E-state index in [4.69, 9.17) is 4.74 Å². The van der Waals surface area contributed by atoms with Gasteiger partial charge in [-0.15, -0.1) is 0 Å². The minimum absolute atomic E-state index is 0.0417. The normalized spacial score (nSPS) is 16.9. The number of ketones is 1. The summed E-state index contributed by atoms with van der Waals surface area (Å²) >= 11 is 0. The van der Waals surface area contributed by atoms with E-state index in [0.29, 0.717) is 23.7 Å². The van der Waals surface area contributed by atoms with Crippen molar-refractivity contribution in [2.75, 3.05) is 13.7 Å². The van der Waals surface area contributed by atoms with Gasteiger partial charge in [0.25, 0.3) is 0 Å². The second-order valence-corrected chi connectivity index (χ2v) is 3.15. The first kappa shape index (κ1) is 13.2. The van der Waals surface area contributed by atoms with Gasteiger partial charge in [-0.3, -0.25) is 9.79 Å². The van der Waals surface area contributed by atoms with Crippen molar-refractivity contribution in [3.05, 3.63) is 23.6 Å². The average Bonchev–Trinajstić information content (AvgIpc) is 2.39. The molecule has 2 aliphatic heterocycles. The van der Waals surface area contributed by atoms with E-state index in [1.165, 1.54) is 14.0 Å². The van der Waals surface area contributed by atoms with Gasteiger partial charge in [0.15, 0.2) is 5.78 Å². The molecule has 0 aliphatic carbocycles. The third kappa shape index (κ3) is 2.81. The second-order valence-electron chi connectivity index (χ2n) is 3.15. The summed E-state index contributed by atoms with van der Waals surface area (Å²) in [5.74, 6) is 1.14. The number of hydrogen-bond acceptors (Lipinski definition) is 5. The van der Waals surface area contributed by atoms with E-state index in [1.54, 1.807) is 23.5 Å². The van der Waals surface area contributed by atoms with Crippen molar-refractivity contribution in [2.24, 2.45) is 10.1 Å². The first-order valence-corrected chi connectivity index (χ1v) is 5.57. The molecule has 92 valence electrons. The van der Waals surface area contributed by atoms with Crippen LogP contribution in [0.15, 0.2) is 33.7 Å². The van der Waals surface area contributed by atoms with Crippen LogP contribution >= 0.6 is 0 Å². The van der Waals surface area contributed by atoms with Crippen molar-refractivity contribution in [1.29, 1.82) is 0 Å². The third-order valence-corrected chi connectivity index (χ3v) is 2.15. The van der Waals surface area contributed by atoms with Crippen LogP contribution in [0.1, 0.15) is 20.8 Å². The van der Waals surface area contributed by atoms with Crippen molar-refractivity contribution in [2.45, 2.75) is 20.8 Å². The van der Waals surface area contributed by atoms with E-state index < -0.39 is 0 Å². The minimum Gasteiger partial charge on any atom is -0.494 e. The van der Waals surface area contributed by atoms with E-state index in [0.717, 1.165) is 0 Å². The molecular formula is C12H17N3O2. The summed E-state index contributed by atoms with van der Waals surface area (Å²) in [6, 6.07) is 0. The molecule has 0 fully saturated rings. The van der Waals surface area contributed by atoms with E-state index >= 15 is 0 Å². The molecule has 0 amide bonds. The lowest BCUT2D eigenvalue weighted by Crippen LogP contribution is -2.28. The Balaban J connectivity index is 0.000000686. The zero-order chi connectivity index (χ0) is 12.8. The maximum atomic E-state index is 11.3. The van der Waals surface area contributed by atoms with Crippen LogP contribution in [0.5, 0.6) is 0 Å². The fourth-order valence-electron chi connectivity index (χ4n) is 1.42. The highest BCUT2D eigenvalue weighted by Crippen LogP contribution is 2.20. The number of Topliss-reactive ketones (excluding diaryl/α,β-unsaturated/α-hetero) is 1. The van der Waals surface area contributed by atoms with E-state index in [2.05, 4.69) is 10.1 Å². The Labute approximate surface area is 101 Å². The molecule has 0 unspecified atom stereocenters. The van der Waals surface area contributed by atoms with Crippen LogP contribution in [0.2, 0.25) is 0 Å². The summed E-state index contributed by atoms with van der Waals surface area (Å²) < 4.78 is 5.12. The third-order valence-electron chi connectivity index (χ3n) is 2.15. The molecular weight excluding hydrogens is 218 g/mol. The fraction of sp³-hybridized carbons (Fsp3) is 0.417. The van der Waals surface area contributed by atoms with E-state index in [9.17, 15) is 4.79 Å². The molecule has 0 aromatic rings. The number of hydrogen-bond donors (Lipinski definition) is 0. The largest absolute Gasteiger partial charge is 0.494 e. The van der Waals surface area contributed by atoms with Crippen LogP contribution in [-0.4, -0.2) is 36.5 Å². The highest BCUT2D eigenvalue weighted by atomic mass is 16.5. The maximum Gasteiger partial charge on any atom is 0.163 e. The molecule has 2 heterocycles. The number of carbonyl (C=O) groups is 1. The predicted molar refractivity (Wildman–Crippen MR) is 67.8 cm³/mol. The molecule has 0 spiro atoms. The summed E-state index contributed by atoms with van der Waals surface area (Å²) in [5.41, 5.74) is 0.532. The van der Waals surface area contributed by atoms with Gasteiger partial charge in [-0.2, -0.15) is 5.10 Å². The standard InChI is InChI=1S/C10H11N3O2.C2H6/c1-7(14)8-5-10-11-3-4-12-13(10)6-9(8)15-2;1-2/h4-6H,3H2,1-2H3;1-2H3. The molecule has 5 heteroatoms. The van der Waals surface area contributed by atoms with E-state index in [1.807, 2.05) is 13.8 Å². The number of aliphatic imine (C=N–C) groups is 1. The van der Waals surface area contributed by atoms with Crippen molar-refractivity contribution >= 4 is 17.8 Å². The quantitative estimate of drug-likeness (QED) is 0.732. The Hall–Kier alpha value is -1.91. The molecule has 0 aromatic heterocycles. The number of ether oxygens (including phenoxy) is 1. The zero-order valence-corrected chi connectivity index (χ0v) is 10.6. The van der Waals surface area contributed by atoms with Crippen LogP contribution in [0, 0.1) is 0 Å². The lowest BCUT2D eigenvalue weighted by atomic mass is 10.1. The van der Waals surface area contributed by atoms with Gasteiger partial charge in [0.2, 0.25) is 0 Å². The molecule has 0 bridgehead atoms. The molecule has 0 saturated carbocycles. The maximum absolute atomic E-state index is 11.3. The highest BCUT2D eigenvalue weighted by Gasteiger charge is 2.22. The molecule has 5 nitrogen and oxygen atoms in total. The molecule has 0 radical (unpaired) electrons. The van der Waals surface area contributed by atoms with Crippen molar-refractivity contribution < 1.29 is 9.53 Å². The molecule has 0 aromatic carbocycles. The number of nitrogens with zero attached hydrogens (tertiary/aromatic N) is 3. The van der Waals surface area contributed by atoms with Crippen LogP contribution in [-0.2, 0) is 9.53 Å². The zero-order valence-electron chi connectivity index (χ0n) is 10.6. The minimum atomic E-state index is -0.0417. The Morgan fingerprint density at radius 1 is 1.47 bits per heavy atom. The van der Waals surface area contributed by atoms with Crippen molar-refractivity contribution in [3.63, 3.8) is 0 Å². The molecule has 2 aliphatic rings. The smallest absolute Gasteiger partial charge is 0.163 e. The molecule has 0 atom stereocenters. The first-order valence-electron chi connectivity index (χ1n) is 5.57. The number of carbonyl (C=O) groups excluding carboxylic acids is 1. The van der Waals surface area contributed by atoms with Gasteiger partial charge < -0.3 is 4.74 Å². The SMILES string of the molecule is CC.COC1=CN2N=CCN=C2C=C1C(C)=O. The van der Waals surface area contributed by atoms with Gasteiger partial charge >= 0.3 is 0 Å². The summed E-state index contributed by atoms with van der Waals surface area (Å²) in [4.78, 5) is 15.6. The highest BCUT2D eigenvalue weighted by molar-refractivity contribution is 6.08. The summed E-state index contributed by atoms with van der Waals surface area (Å²) in [6.07, 6.45) is 5.04. The van der Waals surface area contributed by atoms with Crippen molar-refractivity contribution in [3.8, 4) is 0 Å².